The number of ether oxygens (including phenoxy) is 2. The van der Waals surface area contributed by atoms with Crippen molar-refractivity contribution in [1.82, 2.24) is 0 Å². The second kappa shape index (κ2) is 10.0. The molecule has 128 valence electrons. The predicted octanol–water partition coefficient (Wildman–Crippen LogP) is 4.41. The Balaban J connectivity index is 2.98. The second-order valence-corrected chi connectivity index (χ2v) is 6.11. The molecule has 0 amide bonds. The fourth-order valence-electron chi connectivity index (χ4n) is 2.09. The summed E-state index contributed by atoms with van der Waals surface area (Å²) in [4.78, 5) is 24.6. The number of esters is 2. The van der Waals surface area contributed by atoms with Crippen molar-refractivity contribution in [3.63, 3.8) is 0 Å². The highest BCUT2D eigenvalue weighted by molar-refractivity contribution is 6.03. The molecule has 0 bridgehead atoms. The minimum Gasteiger partial charge on any atom is -0.462 e. The molecule has 0 aromatic heterocycles. The Morgan fingerprint density at radius 2 is 1.70 bits per heavy atom. The fraction of sp³-hybridized carbons (Fsp3) is 0.579. The number of carbonyl (C=O) groups excluding carboxylic acids is 2. The minimum atomic E-state index is -0.468. The van der Waals surface area contributed by atoms with Crippen molar-refractivity contribution in [1.29, 1.82) is 0 Å². The second-order valence-electron chi connectivity index (χ2n) is 6.11. The summed E-state index contributed by atoms with van der Waals surface area (Å²) in [5, 5.41) is 0. The number of rotatable bonds is 9. The molecule has 0 fully saturated rings. The van der Waals surface area contributed by atoms with Crippen LogP contribution >= 0.6 is 0 Å². The summed E-state index contributed by atoms with van der Waals surface area (Å²) in [6, 6.07) is 5.30. The predicted molar refractivity (Wildman–Crippen MR) is 90.7 cm³/mol. The molecule has 4 nitrogen and oxygen atoms in total. The molecule has 23 heavy (non-hydrogen) atoms. The molecular formula is C19H28O4. The highest BCUT2D eigenvalue weighted by Gasteiger charge is 2.20. The Morgan fingerprint density at radius 3 is 2.30 bits per heavy atom. The van der Waals surface area contributed by atoms with Crippen LogP contribution in [0.2, 0.25) is 0 Å². The number of hydrogen-bond acceptors (Lipinski definition) is 4. The first-order chi connectivity index (χ1) is 11.0. The van der Waals surface area contributed by atoms with Crippen molar-refractivity contribution in [2.24, 2.45) is 5.92 Å². The van der Waals surface area contributed by atoms with E-state index in [2.05, 4.69) is 6.92 Å². The number of aryl methyl sites for hydroxylation is 1. The van der Waals surface area contributed by atoms with Gasteiger partial charge in [0.25, 0.3) is 0 Å². The Morgan fingerprint density at radius 1 is 1.00 bits per heavy atom. The third-order valence-electron chi connectivity index (χ3n) is 3.34. The van der Waals surface area contributed by atoms with E-state index in [0.29, 0.717) is 18.8 Å². The third kappa shape index (κ3) is 6.43. The van der Waals surface area contributed by atoms with E-state index in [9.17, 15) is 9.59 Å². The number of hydrogen-bond donors (Lipinski definition) is 0. The van der Waals surface area contributed by atoms with Gasteiger partial charge in [-0.15, -0.1) is 0 Å². The van der Waals surface area contributed by atoms with Gasteiger partial charge in [-0.2, -0.15) is 0 Å². The van der Waals surface area contributed by atoms with Crippen molar-refractivity contribution in [2.45, 2.75) is 53.4 Å². The molecule has 0 atom stereocenters. The number of unbranched alkanes of at least 4 members (excludes halogenated alkanes) is 1. The lowest BCUT2D eigenvalue weighted by molar-refractivity contribution is 0.0428. The average molecular weight is 320 g/mol. The largest absolute Gasteiger partial charge is 0.462 e. The maximum Gasteiger partial charge on any atom is 0.339 e. The number of carbonyl (C=O) groups is 2. The fourth-order valence-corrected chi connectivity index (χ4v) is 2.09. The van der Waals surface area contributed by atoms with Gasteiger partial charge in [0.05, 0.1) is 24.3 Å². The van der Waals surface area contributed by atoms with Crippen molar-refractivity contribution in [2.75, 3.05) is 13.2 Å². The minimum absolute atomic E-state index is 0.248. The summed E-state index contributed by atoms with van der Waals surface area (Å²) in [6.07, 6.45) is 3.60. The zero-order valence-corrected chi connectivity index (χ0v) is 14.7. The molecule has 0 aliphatic rings. The molecule has 1 aromatic rings. The first-order valence-electron chi connectivity index (χ1n) is 8.46. The van der Waals surface area contributed by atoms with Crippen LogP contribution in [-0.2, 0) is 15.9 Å². The highest BCUT2D eigenvalue weighted by Crippen LogP contribution is 2.17. The van der Waals surface area contributed by atoms with Crippen LogP contribution in [0.4, 0.5) is 0 Å². The van der Waals surface area contributed by atoms with E-state index in [1.165, 1.54) is 0 Å². The van der Waals surface area contributed by atoms with Crippen molar-refractivity contribution < 1.29 is 19.1 Å². The molecule has 4 heteroatoms. The van der Waals surface area contributed by atoms with Crippen LogP contribution in [-0.4, -0.2) is 25.2 Å². The van der Waals surface area contributed by atoms with Crippen LogP contribution in [0, 0.1) is 5.92 Å². The lowest BCUT2D eigenvalue weighted by Crippen LogP contribution is -2.16. The lowest BCUT2D eigenvalue weighted by atomic mass is 10.0. The van der Waals surface area contributed by atoms with Crippen LogP contribution in [0.15, 0.2) is 18.2 Å². The van der Waals surface area contributed by atoms with E-state index < -0.39 is 11.9 Å². The maximum absolute atomic E-state index is 12.3. The molecule has 0 saturated carbocycles. The standard InChI is InChI=1S/C19H28O4/c1-5-7-11-22-19(21)17-12-15(8-6-2)9-10-16(17)18(20)23-13-14(3)4/h9-10,12,14H,5-8,11,13H2,1-4H3. The highest BCUT2D eigenvalue weighted by atomic mass is 16.5. The molecular weight excluding hydrogens is 292 g/mol. The zero-order valence-electron chi connectivity index (χ0n) is 14.7. The van der Waals surface area contributed by atoms with E-state index in [4.69, 9.17) is 9.47 Å². The van der Waals surface area contributed by atoms with Crippen LogP contribution in [0.3, 0.4) is 0 Å². The van der Waals surface area contributed by atoms with Crippen molar-refractivity contribution in [3.05, 3.63) is 34.9 Å². The Bertz CT molecular complexity index is 520. The van der Waals surface area contributed by atoms with Gasteiger partial charge < -0.3 is 9.47 Å². The van der Waals surface area contributed by atoms with E-state index in [-0.39, 0.29) is 11.5 Å². The quantitative estimate of drug-likeness (QED) is 0.499. The topological polar surface area (TPSA) is 52.6 Å². The molecule has 0 spiro atoms. The first kappa shape index (κ1) is 19.2. The van der Waals surface area contributed by atoms with Gasteiger partial charge >= 0.3 is 11.9 Å². The smallest absolute Gasteiger partial charge is 0.339 e. The van der Waals surface area contributed by atoms with Gasteiger partial charge in [0.2, 0.25) is 0 Å². The third-order valence-corrected chi connectivity index (χ3v) is 3.34. The Hall–Kier alpha value is -1.84. The maximum atomic E-state index is 12.3. The lowest BCUT2D eigenvalue weighted by Gasteiger charge is -2.12. The average Bonchev–Trinajstić information content (AvgIpc) is 2.53. The zero-order chi connectivity index (χ0) is 17.2. The van der Waals surface area contributed by atoms with Gasteiger partial charge in [-0.25, -0.2) is 9.59 Å². The van der Waals surface area contributed by atoms with Crippen LogP contribution in [0.5, 0.6) is 0 Å². The molecule has 0 N–H and O–H groups in total. The van der Waals surface area contributed by atoms with Gasteiger partial charge in [-0.3, -0.25) is 0 Å². The monoisotopic (exact) mass is 320 g/mol. The first-order valence-corrected chi connectivity index (χ1v) is 8.46. The van der Waals surface area contributed by atoms with Crippen molar-refractivity contribution >= 4 is 11.9 Å². The summed E-state index contributed by atoms with van der Waals surface area (Å²) < 4.78 is 10.5. The van der Waals surface area contributed by atoms with Gasteiger partial charge in [0, 0.05) is 0 Å². The summed E-state index contributed by atoms with van der Waals surface area (Å²) in [6.45, 7) is 8.75. The normalized spacial score (nSPS) is 10.7. The van der Waals surface area contributed by atoms with Crippen LogP contribution in [0.1, 0.15) is 73.2 Å². The van der Waals surface area contributed by atoms with Gasteiger partial charge in [-0.1, -0.05) is 46.6 Å². The molecule has 0 heterocycles. The van der Waals surface area contributed by atoms with Gasteiger partial charge in [-0.05, 0) is 36.5 Å². The van der Waals surface area contributed by atoms with Crippen LogP contribution < -0.4 is 0 Å². The molecule has 0 radical (unpaired) electrons. The Kier molecular flexibility index (Phi) is 8.38. The SMILES string of the molecule is CCCCOC(=O)c1cc(CCC)ccc1C(=O)OCC(C)C. The summed E-state index contributed by atoms with van der Waals surface area (Å²) in [5.41, 5.74) is 1.61. The van der Waals surface area contributed by atoms with E-state index in [1.807, 2.05) is 26.8 Å². The van der Waals surface area contributed by atoms with Gasteiger partial charge in [0.15, 0.2) is 0 Å². The van der Waals surface area contributed by atoms with E-state index in [0.717, 1.165) is 31.2 Å². The molecule has 1 aromatic carbocycles. The molecule has 0 aliphatic heterocycles. The van der Waals surface area contributed by atoms with Gasteiger partial charge in [0.1, 0.15) is 0 Å². The van der Waals surface area contributed by atoms with E-state index in [1.54, 1.807) is 12.1 Å². The summed E-state index contributed by atoms with van der Waals surface area (Å²) in [7, 11) is 0. The molecule has 0 saturated heterocycles. The molecule has 1 rings (SSSR count). The molecule has 0 unspecified atom stereocenters. The summed E-state index contributed by atoms with van der Waals surface area (Å²) in [5.74, 6) is -0.671. The number of benzene rings is 1. The Labute approximate surface area is 139 Å². The molecule has 0 aliphatic carbocycles. The van der Waals surface area contributed by atoms with Crippen LogP contribution in [0.25, 0.3) is 0 Å². The summed E-state index contributed by atoms with van der Waals surface area (Å²) >= 11 is 0. The van der Waals surface area contributed by atoms with E-state index >= 15 is 0 Å². The van der Waals surface area contributed by atoms with Crippen molar-refractivity contribution in [3.8, 4) is 0 Å².